The van der Waals surface area contributed by atoms with Crippen LogP contribution in [0.1, 0.15) is 12.5 Å². The van der Waals surface area contributed by atoms with Gasteiger partial charge in [-0.1, -0.05) is 78.9 Å². The Kier molecular flexibility index (Phi) is 4.10. The van der Waals surface area contributed by atoms with Gasteiger partial charge in [-0.15, -0.1) is 0 Å². The summed E-state index contributed by atoms with van der Waals surface area (Å²) >= 11 is 0. The van der Waals surface area contributed by atoms with Gasteiger partial charge in [0.1, 0.15) is 5.75 Å². The largest absolute Gasteiger partial charge is 0.432 e. The first-order chi connectivity index (χ1) is 15.3. The summed E-state index contributed by atoms with van der Waals surface area (Å²) in [7, 11) is 0. The maximum atomic E-state index is 6.58. The van der Waals surface area contributed by atoms with Gasteiger partial charge in [-0.2, -0.15) is 4.58 Å². The fraction of sp³-hybridized carbons (Fsp3) is 0.0690. The van der Waals surface area contributed by atoms with Gasteiger partial charge in [0, 0.05) is 30.2 Å². The van der Waals surface area contributed by atoms with Gasteiger partial charge < -0.3 is 4.74 Å². The molecule has 0 N–H and O–H groups in total. The summed E-state index contributed by atoms with van der Waals surface area (Å²) in [4.78, 5) is 0. The summed E-state index contributed by atoms with van der Waals surface area (Å²) < 4.78 is 8.76. The summed E-state index contributed by atoms with van der Waals surface area (Å²) in [6.45, 7) is 2.10. The van der Waals surface area contributed by atoms with Crippen LogP contribution in [0.3, 0.4) is 0 Å². The van der Waals surface area contributed by atoms with Crippen LogP contribution in [-0.2, 0) is 0 Å². The van der Waals surface area contributed by atoms with Crippen LogP contribution >= 0.6 is 0 Å². The predicted molar refractivity (Wildman–Crippen MR) is 129 cm³/mol. The summed E-state index contributed by atoms with van der Waals surface area (Å²) in [5, 5.41) is 4.98. The van der Waals surface area contributed by atoms with Crippen LogP contribution in [0.5, 0.6) is 5.75 Å². The van der Waals surface area contributed by atoms with Gasteiger partial charge in [0.15, 0.2) is 6.21 Å². The van der Waals surface area contributed by atoms with Crippen LogP contribution in [0.25, 0.3) is 32.7 Å². The van der Waals surface area contributed by atoms with Crippen molar-refractivity contribution in [2.75, 3.05) is 0 Å². The fourth-order valence-corrected chi connectivity index (χ4v) is 4.66. The molecule has 2 heteroatoms. The second-order valence-electron chi connectivity index (χ2n) is 8.01. The third kappa shape index (κ3) is 2.91. The molecule has 0 radical (unpaired) electrons. The average Bonchev–Trinajstić information content (AvgIpc) is 2.82. The Morgan fingerprint density at radius 3 is 2.03 bits per heavy atom. The lowest BCUT2D eigenvalue weighted by Gasteiger charge is -2.23. The molecule has 31 heavy (non-hydrogen) atoms. The van der Waals surface area contributed by atoms with E-state index in [-0.39, 0.29) is 6.23 Å². The zero-order valence-electron chi connectivity index (χ0n) is 17.3. The van der Waals surface area contributed by atoms with Crippen molar-refractivity contribution >= 4 is 33.4 Å². The normalized spacial score (nSPS) is 15.4. The SMILES string of the molecule is CC1Oc2c(cccc2-c2c3ccccc3cc3ccccc23)C=[N+]1c1ccccc1. The van der Waals surface area contributed by atoms with Gasteiger partial charge in [0.2, 0.25) is 5.69 Å². The van der Waals surface area contributed by atoms with E-state index >= 15 is 0 Å². The highest BCUT2D eigenvalue weighted by atomic mass is 16.5. The molecule has 5 aromatic rings. The average molecular weight is 401 g/mol. The number of fused-ring (bicyclic) bond motifs is 3. The van der Waals surface area contributed by atoms with Crippen LogP contribution in [0, 0.1) is 0 Å². The molecule has 0 saturated carbocycles. The van der Waals surface area contributed by atoms with Gasteiger partial charge >= 0.3 is 0 Å². The lowest BCUT2D eigenvalue weighted by Crippen LogP contribution is -2.30. The minimum atomic E-state index is -0.0997. The van der Waals surface area contributed by atoms with Crippen molar-refractivity contribution in [2.24, 2.45) is 0 Å². The molecule has 2 nitrogen and oxygen atoms in total. The predicted octanol–water partition coefficient (Wildman–Crippen LogP) is 7.16. The van der Waals surface area contributed by atoms with Crippen molar-refractivity contribution in [1.82, 2.24) is 0 Å². The molecule has 1 heterocycles. The zero-order valence-corrected chi connectivity index (χ0v) is 17.3. The van der Waals surface area contributed by atoms with E-state index in [1.54, 1.807) is 0 Å². The lowest BCUT2D eigenvalue weighted by molar-refractivity contribution is -0.522. The van der Waals surface area contributed by atoms with Gasteiger partial charge in [-0.25, -0.2) is 0 Å². The molecular weight excluding hydrogens is 378 g/mol. The molecule has 0 amide bonds. The first-order valence-corrected chi connectivity index (χ1v) is 10.7. The zero-order chi connectivity index (χ0) is 20.8. The van der Waals surface area contributed by atoms with Crippen molar-refractivity contribution < 1.29 is 9.31 Å². The summed E-state index contributed by atoms with van der Waals surface area (Å²) in [6, 6.07) is 36.3. The molecule has 0 saturated heterocycles. The van der Waals surface area contributed by atoms with E-state index in [0.29, 0.717) is 0 Å². The monoisotopic (exact) mass is 400 g/mol. The number of hydrogen-bond donors (Lipinski definition) is 0. The molecular formula is C29H22NO+. The number of hydrogen-bond acceptors (Lipinski definition) is 1. The Labute approximate surface area is 181 Å². The number of ether oxygens (including phenoxy) is 1. The highest BCUT2D eigenvalue weighted by Gasteiger charge is 2.29. The maximum absolute atomic E-state index is 6.58. The maximum Gasteiger partial charge on any atom is 0.299 e. The van der Waals surface area contributed by atoms with Crippen LogP contribution < -0.4 is 4.74 Å². The smallest absolute Gasteiger partial charge is 0.299 e. The highest BCUT2D eigenvalue weighted by Crippen LogP contribution is 2.43. The standard InChI is InChI=1S/C29H22NO/c1-20-30(24-13-3-2-4-14-24)19-23-12-9-17-27(29(23)31-20)28-25-15-7-5-10-21(25)18-22-11-6-8-16-26(22)28/h2-20H,1H3/q+1. The van der Waals surface area contributed by atoms with E-state index in [2.05, 4.69) is 115 Å². The van der Waals surface area contributed by atoms with Crippen LogP contribution in [0.2, 0.25) is 0 Å². The van der Waals surface area contributed by atoms with E-state index in [1.807, 2.05) is 6.07 Å². The van der Waals surface area contributed by atoms with Crippen molar-refractivity contribution in [3.63, 3.8) is 0 Å². The van der Waals surface area contributed by atoms with Gasteiger partial charge in [-0.05, 0) is 33.7 Å². The third-order valence-corrected chi connectivity index (χ3v) is 6.10. The molecule has 0 aromatic heterocycles. The molecule has 0 bridgehead atoms. The molecule has 1 aliphatic heterocycles. The third-order valence-electron chi connectivity index (χ3n) is 6.10. The Balaban J connectivity index is 1.64. The molecule has 6 rings (SSSR count). The molecule has 1 unspecified atom stereocenters. The number of rotatable bonds is 2. The Bertz CT molecular complexity index is 1410. The van der Waals surface area contributed by atoms with Crippen molar-refractivity contribution in [3.05, 3.63) is 109 Å². The number of benzene rings is 5. The van der Waals surface area contributed by atoms with E-state index < -0.39 is 0 Å². The van der Waals surface area contributed by atoms with E-state index in [9.17, 15) is 0 Å². The highest BCUT2D eigenvalue weighted by molar-refractivity contribution is 6.14. The molecule has 1 aliphatic rings. The van der Waals surface area contributed by atoms with Crippen LogP contribution in [-0.4, -0.2) is 17.0 Å². The molecule has 5 aromatic carbocycles. The molecule has 0 aliphatic carbocycles. The van der Waals surface area contributed by atoms with Crippen molar-refractivity contribution in [2.45, 2.75) is 13.2 Å². The summed E-state index contributed by atoms with van der Waals surface area (Å²) in [5.74, 6) is 0.948. The van der Waals surface area contributed by atoms with Crippen LogP contribution in [0.4, 0.5) is 5.69 Å². The van der Waals surface area contributed by atoms with E-state index in [4.69, 9.17) is 4.74 Å². The van der Waals surface area contributed by atoms with Crippen molar-refractivity contribution in [1.29, 1.82) is 0 Å². The first-order valence-electron chi connectivity index (χ1n) is 10.7. The lowest BCUT2D eigenvalue weighted by atomic mass is 9.90. The topological polar surface area (TPSA) is 12.2 Å². The molecule has 148 valence electrons. The Morgan fingerprint density at radius 1 is 0.677 bits per heavy atom. The minimum absolute atomic E-state index is 0.0997. The van der Waals surface area contributed by atoms with E-state index in [0.717, 1.165) is 22.6 Å². The summed E-state index contributed by atoms with van der Waals surface area (Å²) in [6.07, 6.45) is 2.10. The van der Waals surface area contributed by atoms with Gasteiger partial charge in [-0.3, -0.25) is 0 Å². The Morgan fingerprint density at radius 2 is 1.32 bits per heavy atom. The number of nitrogens with zero attached hydrogens (tertiary/aromatic N) is 1. The van der Waals surface area contributed by atoms with Gasteiger partial charge in [0.25, 0.3) is 6.23 Å². The van der Waals surface area contributed by atoms with Gasteiger partial charge in [0.05, 0.1) is 5.56 Å². The fourth-order valence-electron chi connectivity index (χ4n) is 4.66. The number of para-hydroxylation sites is 2. The second kappa shape index (κ2) is 7.10. The molecule has 0 fully saturated rings. The van der Waals surface area contributed by atoms with Crippen LogP contribution in [0.15, 0.2) is 103 Å². The minimum Gasteiger partial charge on any atom is -0.432 e. The molecule has 1 atom stereocenters. The summed E-state index contributed by atoms with van der Waals surface area (Å²) in [5.41, 5.74) is 4.60. The van der Waals surface area contributed by atoms with Crippen molar-refractivity contribution in [3.8, 4) is 16.9 Å². The molecule has 0 spiro atoms. The second-order valence-corrected chi connectivity index (χ2v) is 8.01. The van der Waals surface area contributed by atoms with E-state index in [1.165, 1.54) is 27.1 Å². The first kappa shape index (κ1) is 17.9. The quantitative estimate of drug-likeness (QED) is 0.226. The Hall–Kier alpha value is -3.91.